The molecule has 0 N–H and O–H groups in total. The summed E-state index contributed by atoms with van der Waals surface area (Å²) in [5.41, 5.74) is -1.43. The van der Waals surface area contributed by atoms with E-state index in [0.29, 0.717) is 12.8 Å². The van der Waals surface area contributed by atoms with Crippen molar-refractivity contribution < 1.29 is 19.1 Å². The molecular weight excluding hydrogens is 184 g/mol. The van der Waals surface area contributed by atoms with Crippen LogP contribution in [0.5, 0.6) is 0 Å². The summed E-state index contributed by atoms with van der Waals surface area (Å²) in [7, 11) is 0. The number of fused-ring (bicyclic) bond motifs is 1. The maximum atomic E-state index is 11.0. The van der Waals surface area contributed by atoms with Crippen molar-refractivity contribution in [1.82, 2.24) is 0 Å². The predicted octanol–water partition coefficient (Wildman–Crippen LogP) is 0.484. The van der Waals surface area contributed by atoms with Crippen molar-refractivity contribution >= 4 is 11.9 Å². The van der Waals surface area contributed by atoms with E-state index >= 15 is 0 Å². The summed E-state index contributed by atoms with van der Waals surface area (Å²) in [5, 5.41) is 0. The lowest BCUT2D eigenvalue weighted by Gasteiger charge is -2.50. The molecule has 2 heterocycles. The zero-order valence-corrected chi connectivity index (χ0v) is 7.36. The molecule has 2 aliphatic heterocycles. The fourth-order valence-electron chi connectivity index (χ4n) is 2.24. The second-order valence-corrected chi connectivity index (χ2v) is 3.79. The Morgan fingerprint density at radius 1 is 0.929 bits per heavy atom. The molecule has 0 radical (unpaired) electrons. The molecule has 0 aromatic heterocycles. The normalized spacial score (nSPS) is 43.1. The zero-order chi connectivity index (χ0) is 9.81. The monoisotopic (exact) mass is 192 g/mol. The van der Waals surface area contributed by atoms with E-state index in [1.54, 1.807) is 12.2 Å². The SMILES string of the molecule is O=C1C=C[C@]2(CC[C@@]23C=CC(=O)O3)O1. The Bertz CT molecular complexity index is 357. The minimum atomic E-state index is -0.716. The molecule has 2 atom stereocenters. The molecule has 0 amide bonds. The summed E-state index contributed by atoms with van der Waals surface area (Å²) in [5.74, 6) is -0.721. The van der Waals surface area contributed by atoms with Crippen LogP contribution in [-0.2, 0) is 19.1 Å². The number of ether oxygens (including phenoxy) is 2. The van der Waals surface area contributed by atoms with E-state index in [1.807, 2.05) is 0 Å². The first-order chi connectivity index (χ1) is 6.66. The summed E-state index contributed by atoms with van der Waals surface area (Å²) in [6, 6.07) is 0. The van der Waals surface area contributed by atoms with Gasteiger partial charge in [0, 0.05) is 12.2 Å². The highest BCUT2D eigenvalue weighted by atomic mass is 16.6. The summed E-state index contributed by atoms with van der Waals surface area (Å²) >= 11 is 0. The first kappa shape index (κ1) is 7.79. The van der Waals surface area contributed by atoms with Gasteiger partial charge < -0.3 is 9.47 Å². The maximum absolute atomic E-state index is 11.0. The van der Waals surface area contributed by atoms with Gasteiger partial charge in [-0.25, -0.2) is 9.59 Å². The van der Waals surface area contributed by atoms with Crippen LogP contribution < -0.4 is 0 Å². The number of esters is 2. The molecule has 1 fully saturated rings. The van der Waals surface area contributed by atoms with Crippen LogP contribution in [0.15, 0.2) is 24.3 Å². The fourth-order valence-corrected chi connectivity index (χ4v) is 2.24. The molecule has 4 nitrogen and oxygen atoms in total. The minimum absolute atomic E-state index is 0.361. The van der Waals surface area contributed by atoms with Gasteiger partial charge in [-0.15, -0.1) is 0 Å². The van der Waals surface area contributed by atoms with Gasteiger partial charge >= 0.3 is 11.9 Å². The second kappa shape index (κ2) is 2.08. The van der Waals surface area contributed by atoms with Crippen LogP contribution in [0.3, 0.4) is 0 Å². The highest BCUT2D eigenvalue weighted by Crippen LogP contribution is 2.53. The Morgan fingerprint density at radius 3 is 1.57 bits per heavy atom. The Labute approximate surface area is 80.2 Å². The largest absolute Gasteiger partial charge is 0.447 e. The highest BCUT2D eigenvalue weighted by Gasteiger charge is 2.65. The van der Waals surface area contributed by atoms with E-state index in [9.17, 15) is 9.59 Å². The van der Waals surface area contributed by atoms with Gasteiger partial charge in [-0.2, -0.15) is 0 Å². The molecule has 72 valence electrons. The summed E-state index contributed by atoms with van der Waals surface area (Å²) in [6.07, 6.45) is 7.60. The molecule has 4 heteroatoms. The van der Waals surface area contributed by atoms with Crippen molar-refractivity contribution in [3.05, 3.63) is 24.3 Å². The third-order valence-corrected chi connectivity index (χ3v) is 3.13. The van der Waals surface area contributed by atoms with E-state index < -0.39 is 11.2 Å². The zero-order valence-electron chi connectivity index (χ0n) is 7.36. The van der Waals surface area contributed by atoms with Gasteiger partial charge in [0.15, 0.2) is 11.2 Å². The van der Waals surface area contributed by atoms with Crippen molar-refractivity contribution in [2.45, 2.75) is 24.0 Å². The van der Waals surface area contributed by atoms with E-state index in [0.717, 1.165) is 0 Å². The molecule has 2 spiro atoms. The van der Waals surface area contributed by atoms with Gasteiger partial charge in [0.05, 0.1) is 0 Å². The molecule has 1 saturated carbocycles. The van der Waals surface area contributed by atoms with Crippen molar-refractivity contribution in [3.63, 3.8) is 0 Å². The van der Waals surface area contributed by atoms with Crippen LogP contribution in [-0.4, -0.2) is 23.1 Å². The number of hydrogen-bond acceptors (Lipinski definition) is 4. The molecule has 0 unspecified atom stereocenters. The Hall–Kier alpha value is -1.58. The average molecular weight is 192 g/mol. The lowest BCUT2D eigenvalue weighted by Crippen LogP contribution is -2.61. The Balaban J connectivity index is 1.98. The summed E-state index contributed by atoms with van der Waals surface area (Å²) < 4.78 is 10.4. The predicted molar refractivity (Wildman–Crippen MR) is 45.2 cm³/mol. The van der Waals surface area contributed by atoms with Crippen molar-refractivity contribution in [1.29, 1.82) is 0 Å². The summed E-state index contributed by atoms with van der Waals surface area (Å²) in [4.78, 5) is 22.0. The van der Waals surface area contributed by atoms with Gasteiger partial charge in [0.1, 0.15) is 0 Å². The molecule has 14 heavy (non-hydrogen) atoms. The fraction of sp³-hybridized carbons (Fsp3) is 0.400. The van der Waals surface area contributed by atoms with E-state index in [1.165, 1.54) is 12.2 Å². The minimum Gasteiger partial charge on any atom is -0.447 e. The number of carbonyl (C=O) groups is 2. The smallest absolute Gasteiger partial charge is 0.331 e. The van der Waals surface area contributed by atoms with E-state index in [4.69, 9.17) is 9.47 Å². The number of carbonyl (C=O) groups excluding carboxylic acids is 2. The molecule has 3 rings (SSSR count). The van der Waals surface area contributed by atoms with E-state index in [-0.39, 0.29) is 11.9 Å². The van der Waals surface area contributed by atoms with Crippen molar-refractivity contribution in [2.24, 2.45) is 0 Å². The van der Waals surface area contributed by atoms with Crippen molar-refractivity contribution in [3.8, 4) is 0 Å². The van der Waals surface area contributed by atoms with Crippen LogP contribution in [0.2, 0.25) is 0 Å². The molecular formula is C10H8O4. The molecule has 1 aliphatic carbocycles. The van der Waals surface area contributed by atoms with Crippen LogP contribution in [0.25, 0.3) is 0 Å². The third-order valence-electron chi connectivity index (χ3n) is 3.13. The topological polar surface area (TPSA) is 52.6 Å². The van der Waals surface area contributed by atoms with E-state index in [2.05, 4.69) is 0 Å². The van der Waals surface area contributed by atoms with Gasteiger partial charge in [0.25, 0.3) is 0 Å². The van der Waals surface area contributed by atoms with Crippen LogP contribution in [0.4, 0.5) is 0 Å². The molecule has 0 bridgehead atoms. The maximum Gasteiger partial charge on any atom is 0.331 e. The number of hydrogen-bond donors (Lipinski definition) is 0. The molecule has 0 aromatic carbocycles. The van der Waals surface area contributed by atoms with Gasteiger partial charge in [-0.1, -0.05) is 0 Å². The Morgan fingerprint density at radius 2 is 1.36 bits per heavy atom. The van der Waals surface area contributed by atoms with Crippen LogP contribution >= 0.6 is 0 Å². The van der Waals surface area contributed by atoms with Crippen LogP contribution in [0, 0.1) is 0 Å². The molecule has 0 aromatic rings. The van der Waals surface area contributed by atoms with Gasteiger partial charge in [-0.05, 0) is 25.0 Å². The highest BCUT2D eigenvalue weighted by molar-refractivity contribution is 5.89. The lowest BCUT2D eigenvalue weighted by atomic mass is 9.65. The lowest BCUT2D eigenvalue weighted by molar-refractivity contribution is -0.206. The molecule has 3 aliphatic rings. The standard InChI is InChI=1S/C10H8O4/c11-7-1-3-9(13-7)5-6-10(9)4-2-8(12)14-10/h1-4H,5-6H2/t9-,10+. The number of rotatable bonds is 0. The quantitative estimate of drug-likeness (QED) is 0.524. The van der Waals surface area contributed by atoms with Gasteiger partial charge in [-0.3, -0.25) is 0 Å². The third kappa shape index (κ3) is 0.697. The first-order valence-corrected chi connectivity index (χ1v) is 4.50. The molecule has 0 saturated heterocycles. The second-order valence-electron chi connectivity index (χ2n) is 3.79. The van der Waals surface area contributed by atoms with Crippen molar-refractivity contribution in [2.75, 3.05) is 0 Å². The Kier molecular flexibility index (Phi) is 1.16. The van der Waals surface area contributed by atoms with Crippen LogP contribution in [0.1, 0.15) is 12.8 Å². The average Bonchev–Trinajstić information content (AvgIpc) is 2.71. The summed E-state index contributed by atoms with van der Waals surface area (Å²) in [6.45, 7) is 0. The first-order valence-electron chi connectivity index (χ1n) is 4.50. The van der Waals surface area contributed by atoms with Gasteiger partial charge in [0.2, 0.25) is 0 Å².